The minimum Gasteiger partial charge on any atom is -0.480 e. The number of rotatable bonds is 7. The van der Waals surface area contributed by atoms with Gasteiger partial charge in [0, 0.05) is 6.54 Å². The third kappa shape index (κ3) is 4.26. The van der Waals surface area contributed by atoms with Crippen LogP contribution in [0.1, 0.15) is 37.7 Å². The van der Waals surface area contributed by atoms with Crippen molar-refractivity contribution >= 4 is 17.6 Å². The molecule has 0 aliphatic heterocycles. The zero-order valence-electron chi connectivity index (χ0n) is 12.1. The van der Waals surface area contributed by atoms with E-state index in [0.717, 1.165) is 6.20 Å². The predicted molar refractivity (Wildman–Crippen MR) is 72.9 cm³/mol. The highest BCUT2D eigenvalue weighted by atomic mass is 16.6. The van der Waals surface area contributed by atoms with E-state index in [2.05, 4.69) is 10.4 Å². The van der Waals surface area contributed by atoms with Gasteiger partial charge in [-0.1, -0.05) is 13.8 Å². The van der Waals surface area contributed by atoms with Gasteiger partial charge >= 0.3 is 11.7 Å². The lowest BCUT2D eigenvalue weighted by molar-refractivity contribution is -0.385. The Kier molecular flexibility index (Phi) is 5.39. The molecule has 0 saturated carbocycles. The number of carbonyl (C=O) groups excluding carboxylic acids is 1. The molecule has 1 atom stereocenters. The van der Waals surface area contributed by atoms with Gasteiger partial charge < -0.3 is 10.4 Å². The second-order valence-electron chi connectivity index (χ2n) is 4.97. The first-order chi connectivity index (χ1) is 9.76. The maximum Gasteiger partial charge on any atom is 0.326 e. The van der Waals surface area contributed by atoms with E-state index >= 15 is 0 Å². The summed E-state index contributed by atoms with van der Waals surface area (Å²) in [5.41, 5.74) is -0.820. The highest BCUT2D eigenvalue weighted by molar-refractivity contribution is 5.98. The first kappa shape index (κ1) is 16.6. The van der Waals surface area contributed by atoms with E-state index in [-0.39, 0.29) is 18.0 Å². The number of carbonyl (C=O) groups is 2. The number of carboxylic acid groups (broad SMARTS) is 1. The minimum absolute atomic E-state index is 0.0505. The van der Waals surface area contributed by atoms with Crippen molar-refractivity contribution in [1.82, 2.24) is 15.1 Å². The SMILES string of the molecule is CCn1cc([N+](=O)[O-])c(C(=O)NC(CC(C)C)C(=O)O)n1. The van der Waals surface area contributed by atoms with E-state index in [4.69, 9.17) is 5.11 Å². The Morgan fingerprint density at radius 3 is 2.57 bits per heavy atom. The molecule has 9 heteroatoms. The quantitative estimate of drug-likeness (QED) is 0.572. The summed E-state index contributed by atoms with van der Waals surface area (Å²) >= 11 is 0. The Hall–Kier alpha value is -2.45. The fraction of sp³-hybridized carbons (Fsp3) is 0.583. The van der Waals surface area contributed by atoms with Gasteiger partial charge in [0.15, 0.2) is 0 Å². The molecule has 9 nitrogen and oxygen atoms in total. The van der Waals surface area contributed by atoms with Crippen molar-refractivity contribution < 1.29 is 19.6 Å². The van der Waals surface area contributed by atoms with E-state index in [1.807, 2.05) is 13.8 Å². The van der Waals surface area contributed by atoms with E-state index in [1.54, 1.807) is 6.92 Å². The fourth-order valence-corrected chi connectivity index (χ4v) is 1.79. The van der Waals surface area contributed by atoms with Gasteiger partial charge in [-0.25, -0.2) is 4.79 Å². The van der Waals surface area contributed by atoms with Gasteiger partial charge in [-0.2, -0.15) is 5.10 Å². The maximum absolute atomic E-state index is 12.0. The number of aliphatic carboxylic acids is 1. The van der Waals surface area contributed by atoms with E-state index in [1.165, 1.54) is 4.68 Å². The summed E-state index contributed by atoms with van der Waals surface area (Å²) in [5.74, 6) is -1.99. The van der Waals surface area contributed by atoms with Crippen LogP contribution in [0, 0.1) is 16.0 Å². The van der Waals surface area contributed by atoms with Crippen molar-refractivity contribution in [2.75, 3.05) is 0 Å². The standard InChI is InChI=1S/C12H18N4O5/c1-4-15-6-9(16(20)21)10(14-15)11(17)13-8(12(18)19)5-7(2)3/h6-8H,4-5H2,1-3H3,(H,13,17)(H,18,19). The maximum atomic E-state index is 12.0. The molecule has 1 aromatic rings. The van der Waals surface area contributed by atoms with Crippen molar-refractivity contribution in [3.8, 4) is 0 Å². The number of nitrogens with one attached hydrogen (secondary N) is 1. The van der Waals surface area contributed by atoms with Gasteiger partial charge in [-0.15, -0.1) is 0 Å². The number of hydrogen-bond acceptors (Lipinski definition) is 5. The first-order valence-electron chi connectivity index (χ1n) is 6.51. The van der Waals surface area contributed by atoms with Crippen LogP contribution in [0.5, 0.6) is 0 Å². The molecule has 0 aliphatic rings. The number of nitro groups is 1. The van der Waals surface area contributed by atoms with Gasteiger partial charge in [0.05, 0.1) is 4.92 Å². The van der Waals surface area contributed by atoms with Crippen LogP contribution in [0.4, 0.5) is 5.69 Å². The summed E-state index contributed by atoms with van der Waals surface area (Å²) in [6.07, 6.45) is 1.37. The Morgan fingerprint density at radius 1 is 1.52 bits per heavy atom. The summed E-state index contributed by atoms with van der Waals surface area (Å²) in [6, 6.07) is -1.11. The van der Waals surface area contributed by atoms with Gasteiger partial charge in [0.25, 0.3) is 5.91 Å². The molecule has 2 N–H and O–H groups in total. The third-order valence-corrected chi connectivity index (χ3v) is 2.79. The summed E-state index contributed by atoms with van der Waals surface area (Å²) in [5, 5.41) is 26.1. The largest absolute Gasteiger partial charge is 0.480 e. The van der Waals surface area contributed by atoms with Gasteiger partial charge in [0.1, 0.15) is 12.2 Å². The number of hydrogen-bond donors (Lipinski definition) is 2. The van der Waals surface area contributed by atoms with Crippen molar-refractivity contribution in [1.29, 1.82) is 0 Å². The smallest absolute Gasteiger partial charge is 0.326 e. The number of aryl methyl sites for hydroxylation is 1. The summed E-state index contributed by atoms with van der Waals surface area (Å²) in [6.45, 7) is 5.71. The molecule has 0 saturated heterocycles. The van der Waals surface area contributed by atoms with Crippen LogP contribution >= 0.6 is 0 Å². The lowest BCUT2D eigenvalue weighted by Gasteiger charge is -2.15. The molecule has 21 heavy (non-hydrogen) atoms. The zero-order valence-corrected chi connectivity index (χ0v) is 12.1. The van der Waals surface area contributed by atoms with Crippen LogP contribution in [0.3, 0.4) is 0 Å². The first-order valence-corrected chi connectivity index (χ1v) is 6.51. The van der Waals surface area contributed by atoms with Crippen LogP contribution < -0.4 is 5.32 Å². The molecule has 1 aromatic heterocycles. The number of carboxylic acids is 1. The van der Waals surface area contributed by atoms with Crippen molar-refractivity contribution in [2.45, 2.75) is 39.8 Å². The molecule has 116 valence electrons. The second kappa shape index (κ2) is 6.82. The van der Waals surface area contributed by atoms with Crippen LogP contribution in [0.25, 0.3) is 0 Å². The summed E-state index contributed by atoms with van der Waals surface area (Å²) in [4.78, 5) is 33.3. The lowest BCUT2D eigenvalue weighted by Crippen LogP contribution is -2.42. The molecule has 1 amide bonds. The summed E-state index contributed by atoms with van der Waals surface area (Å²) in [7, 11) is 0. The monoisotopic (exact) mass is 298 g/mol. The normalized spacial score (nSPS) is 12.2. The Balaban J connectivity index is 2.99. The molecule has 0 radical (unpaired) electrons. The molecule has 1 rings (SSSR count). The Morgan fingerprint density at radius 2 is 2.14 bits per heavy atom. The van der Waals surface area contributed by atoms with Crippen LogP contribution in [0.2, 0.25) is 0 Å². The molecule has 1 heterocycles. The van der Waals surface area contributed by atoms with Crippen molar-refractivity contribution in [3.05, 3.63) is 22.0 Å². The highest BCUT2D eigenvalue weighted by Gasteiger charge is 2.29. The highest BCUT2D eigenvalue weighted by Crippen LogP contribution is 2.17. The molecular weight excluding hydrogens is 280 g/mol. The van der Waals surface area contributed by atoms with Gasteiger partial charge in [-0.05, 0) is 19.3 Å². The van der Waals surface area contributed by atoms with Gasteiger partial charge in [-0.3, -0.25) is 19.6 Å². The van der Waals surface area contributed by atoms with Gasteiger partial charge in [0.2, 0.25) is 5.69 Å². The topological polar surface area (TPSA) is 127 Å². The van der Waals surface area contributed by atoms with E-state index in [0.29, 0.717) is 6.54 Å². The minimum atomic E-state index is -1.19. The molecular formula is C12H18N4O5. The van der Waals surface area contributed by atoms with Crippen molar-refractivity contribution in [3.63, 3.8) is 0 Å². The molecule has 0 bridgehead atoms. The van der Waals surface area contributed by atoms with E-state index in [9.17, 15) is 19.7 Å². The van der Waals surface area contributed by atoms with Crippen LogP contribution in [-0.4, -0.2) is 37.7 Å². The Bertz CT molecular complexity index is 552. The fourth-order valence-electron chi connectivity index (χ4n) is 1.79. The molecule has 1 unspecified atom stereocenters. The lowest BCUT2D eigenvalue weighted by atomic mass is 10.0. The second-order valence-corrected chi connectivity index (χ2v) is 4.97. The summed E-state index contributed by atoms with van der Waals surface area (Å²) < 4.78 is 1.26. The zero-order chi connectivity index (χ0) is 16.2. The molecule has 0 fully saturated rings. The molecule has 0 aromatic carbocycles. The number of nitrogens with zero attached hydrogens (tertiary/aromatic N) is 3. The van der Waals surface area contributed by atoms with Crippen LogP contribution in [0.15, 0.2) is 6.20 Å². The number of aromatic nitrogens is 2. The molecule has 0 aliphatic carbocycles. The van der Waals surface area contributed by atoms with E-state index < -0.39 is 28.5 Å². The Labute approximate surface area is 121 Å². The average molecular weight is 298 g/mol. The average Bonchev–Trinajstić information content (AvgIpc) is 2.81. The molecule has 0 spiro atoms. The third-order valence-electron chi connectivity index (χ3n) is 2.79. The van der Waals surface area contributed by atoms with Crippen LogP contribution in [-0.2, 0) is 11.3 Å². The number of amides is 1. The predicted octanol–water partition coefficient (Wildman–Crippen LogP) is 1.04. The van der Waals surface area contributed by atoms with Crippen molar-refractivity contribution in [2.24, 2.45) is 5.92 Å².